The van der Waals surface area contributed by atoms with Gasteiger partial charge in [-0.25, -0.2) is 0 Å². The lowest BCUT2D eigenvalue weighted by atomic mass is 9.99. The maximum atomic E-state index is 11.0. The Labute approximate surface area is 95.3 Å². The molecule has 0 fully saturated rings. The lowest BCUT2D eigenvalue weighted by molar-refractivity contribution is -0.141. The summed E-state index contributed by atoms with van der Waals surface area (Å²) >= 11 is 0. The van der Waals surface area contributed by atoms with Gasteiger partial charge in [0.25, 0.3) is 0 Å². The van der Waals surface area contributed by atoms with E-state index >= 15 is 0 Å². The molecule has 0 aromatic carbocycles. The lowest BCUT2D eigenvalue weighted by Crippen LogP contribution is -2.21. The van der Waals surface area contributed by atoms with Crippen molar-refractivity contribution in [2.75, 3.05) is 6.54 Å². The lowest BCUT2D eigenvalue weighted by Gasteiger charge is -2.11. The van der Waals surface area contributed by atoms with E-state index in [9.17, 15) is 4.79 Å². The standard InChI is InChI=1S/C11H19N3O2/c1-3-14-10(6-8(2)13-14)7-9(4-5-12)11(15)16/h6,9H,3-5,7,12H2,1-2H3,(H,15,16). The molecule has 16 heavy (non-hydrogen) atoms. The number of aliphatic carboxylic acids is 1. The van der Waals surface area contributed by atoms with Crippen LogP contribution in [0.4, 0.5) is 0 Å². The molecule has 3 N–H and O–H groups in total. The van der Waals surface area contributed by atoms with Gasteiger partial charge in [-0.1, -0.05) is 0 Å². The molecule has 1 aromatic rings. The van der Waals surface area contributed by atoms with E-state index in [1.54, 1.807) is 0 Å². The molecule has 1 atom stereocenters. The van der Waals surface area contributed by atoms with Crippen molar-refractivity contribution >= 4 is 5.97 Å². The predicted molar refractivity (Wildman–Crippen MR) is 61.1 cm³/mol. The molecule has 1 unspecified atom stereocenters. The van der Waals surface area contributed by atoms with Gasteiger partial charge in [0.1, 0.15) is 0 Å². The first-order valence-electron chi connectivity index (χ1n) is 5.54. The number of rotatable bonds is 6. The molecular weight excluding hydrogens is 206 g/mol. The van der Waals surface area contributed by atoms with Crippen molar-refractivity contribution in [3.8, 4) is 0 Å². The van der Waals surface area contributed by atoms with Gasteiger partial charge in [0.2, 0.25) is 0 Å². The first kappa shape index (κ1) is 12.7. The van der Waals surface area contributed by atoms with Crippen LogP contribution in [0.2, 0.25) is 0 Å². The van der Waals surface area contributed by atoms with Gasteiger partial charge in [-0.15, -0.1) is 0 Å². The van der Waals surface area contributed by atoms with Gasteiger partial charge in [0.05, 0.1) is 11.6 Å². The van der Waals surface area contributed by atoms with Crippen LogP contribution >= 0.6 is 0 Å². The minimum atomic E-state index is -0.785. The fourth-order valence-corrected chi connectivity index (χ4v) is 1.80. The fraction of sp³-hybridized carbons (Fsp3) is 0.636. The molecule has 1 aromatic heterocycles. The second-order valence-electron chi connectivity index (χ2n) is 3.91. The van der Waals surface area contributed by atoms with Crippen molar-refractivity contribution in [2.45, 2.75) is 33.2 Å². The van der Waals surface area contributed by atoms with Gasteiger partial charge in [-0.2, -0.15) is 5.10 Å². The average Bonchev–Trinajstić information content (AvgIpc) is 2.58. The van der Waals surface area contributed by atoms with Crippen LogP contribution in [0, 0.1) is 12.8 Å². The molecule has 0 aliphatic carbocycles. The number of carboxylic acids is 1. The van der Waals surface area contributed by atoms with Crippen molar-refractivity contribution in [2.24, 2.45) is 11.7 Å². The topological polar surface area (TPSA) is 81.1 Å². The van der Waals surface area contributed by atoms with Gasteiger partial charge in [-0.05, 0) is 32.9 Å². The molecular formula is C11H19N3O2. The Bertz CT molecular complexity index is 360. The zero-order valence-corrected chi connectivity index (χ0v) is 9.81. The second-order valence-corrected chi connectivity index (χ2v) is 3.91. The number of hydrogen-bond acceptors (Lipinski definition) is 3. The molecule has 0 spiro atoms. The van der Waals surface area contributed by atoms with E-state index in [4.69, 9.17) is 10.8 Å². The van der Waals surface area contributed by atoms with Crippen LogP contribution < -0.4 is 5.73 Å². The maximum Gasteiger partial charge on any atom is 0.306 e. The zero-order valence-electron chi connectivity index (χ0n) is 9.81. The summed E-state index contributed by atoms with van der Waals surface area (Å²) in [4.78, 5) is 11.0. The summed E-state index contributed by atoms with van der Waals surface area (Å²) in [6.07, 6.45) is 1.00. The number of carbonyl (C=O) groups is 1. The van der Waals surface area contributed by atoms with E-state index in [1.165, 1.54) is 0 Å². The van der Waals surface area contributed by atoms with Gasteiger partial charge >= 0.3 is 5.97 Å². The molecule has 0 aliphatic heterocycles. The third kappa shape index (κ3) is 3.06. The number of hydrogen-bond donors (Lipinski definition) is 2. The Balaban J connectivity index is 2.79. The quantitative estimate of drug-likeness (QED) is 0.750. The summed E-state index contributed by atoms with van der Waals surface area (Å²) in [5.41, 5.74) is 7.31. The summed E-state index contributed by atoms with van der Waals surface area (Å²) in [5.74, 6) is -1.20. The zero-order chi connectivity index (χ0) is 12.1. The minimum absolute atomic E-state index is 0.399. The molecule has 5 heteroatoms. The van der Waals surface area contributed by atoms with Crippen molar-refractivity contribution in [3.05, 3.63) is 17.5 Å². The van der Waals surface area contributed by atoms with E-state index in [2.05, 4.69) is 5.10 Å². The highest BCUT2D eigenvalue weighted by atomic mass is 16.4. The van der Waals surface area contributed by atoms with Crippen molar-refractivity contribution in [1.29, 1.82) is 0 Å². The molecule has 5 nitrogen and oxygen atoms in total. The molecule has 0 amide bonds. The Morgan fingerprint density at radius 1 is 1.69 bits per heavy atom. The molecule has 1 rings (SSSR count). The number of nitrogens with two attached hydrogens (primary N) is 1. The summed E-state index contributed by atoms with van der Waals surface area (Å²) < 4.78 is 1.85. The predicted octanol–water partition coefficient (Wildman–Crippen LogP) is 0.804. The van der Waals surface area contributed by atoms with Crippen LogP contribution in [0.15, 0.2) is 6.07 Å². The minimum Gasteiger partial charge on any atom is -0.481 e. The number of aromatic nitrogens is 2. The first-order valence-corrected chi connectivity index (χ1v) is 5.54. The van der Waals surface area contributed by atoms with Crippen LogP contribution in [0.1, 0.15) is 24.7 Å². The number of nitrogens with zero attached hydrogens (tertiary/aromatic N) is 2. The van der Waals surface area contributed by atoms with Crippen LogP contribution in [0.3, 0.4) is 0 Å². The van der Waals surface area contributed by atoms with Crippen molar-refractivity contribution in [3.63, 3.8) is 0 Å². The third-order valence-electron chi connectivity index (χ3n) is 2.60. The van der Waals surface area contributed by atoms with Crippen molar-refractivity contribution < 1.29 is 9.90 Å². The summed E-state index contributed by atoms with van der Waals surface area (Å²) in [6, 6.07) is 1.94. The second kappa shape index (κ2) is 5.65. The molecule has 1 heterocycles. The van der Waals surface area contributed by atoms with Gasteiger partial charge in [-0.3, -0.25) is 9.48 Å². The van der Waals surface area contributed by atoms with E-state index in [0.717, 1.165) is 17.9 Å². The highest BCUT2D eigenvalue weighted by Crippen LogP contribution is 2.13. The average molecular weight is 225 g/mol. The number of carboxylic acid groups (broad SMARTS) is 1. The van der Waals surface area contributed by atoms with Crippen LogP contribution in [-0.4, -0.2) is 27.4 Å². The Hall–Kier alpha value is -1.36. The van der Waals surface area contributed by atoms with Crippen molar-refractivity contribution in [1.82, 2.24) is 9.78 Å². The van der Waals surface area contributed by atoms with E-state index in [1.807, 2.05) is 24.6 Å². The Kier molecular flexibility index (Phi) is 4.49. The smallest absolute Gasteiger partial charge is 0.306 e. The summed E-state index contributed by atoms with van der Waals surface area (Å²) in [5, 5.41) is 13.3. The van der Waals surface area contributed by atoms with Crippen LogP contribution in [-0.2, 0) is 17.8 Å². The van der Waals surface area contributed by atoms with E-state index in [0.29, 0.717) is 19.4 Å². The van der Waals surface area contributed by atoms with Crippen LogP contribution in [0.5, 0.6) is 0 Å². The van der Waals surface area contributed by atoms with Gasteiger partial charge < -0.3 is 10.8 Å². The van der Waals surface area contributed by atoms with Crippen LogP contribution in [0.25, 0.3) is 0 Å². The first-order chi connectivity index (χ1) is 7.58. The molecule has 0 saturated carbocycles. The van der Waals surface area contributed by atoms with Gasteiger partial charge in [0.15, 0.2) is 0 Å². The Morgan fingerprint density at radius 3 is 2.88 bits per heavy atom. The number of aryl methyl sites for hydroxylation is 2. The SMILES string of the molecule is CCn1nc(C)cc1CC(CCN)C(=O)O. The molecule has 0 aliphatic rings. The van der Waals surface area contributed by atoms with Gasteiger partial charge in [0, 0.05) is 18.7 Å². The molecule has 90 valence electrons. The fourth-order valence-electron chi connectivity index (χ4n) is 1.80. The highest BCUT2D eigenvalue weighted by molar-refractivity contribution is 5.70. The Morgan fingerprint density at radius 2 is 2.38 bits per heavy atom. The van der Waals surface area contributed by atoms with E-state index in [-0.39, 0.29) is 0 Å². The molecule has 0 bridgehead atoms. The summed E-state index contributed by atoms with van der Waals surface area (Å²) in [6.45, 7) is 5.07. The summed E-state index contributed by atoms with van der Waals surface area (Å²) in [7, 11) is 0. The normalized spacial score (nSPS) is 12.7. The molecule has 0 saturated heterocycles. The third-order valence-corrected chi connectivity index (χ3v) is 2.60. The monoisotopic (exact) mass is 225 g/mol. The maximum absolute atomic E-state index is 11.0. The molecule has 0 radical (unpaired) electrons. The largest absolute Gasteiger partial charge is 0.481 e. The van der Waals surface area contributed by atoms with E-state index < -0.39 is 11.9 Å². The highest BCUT2D eigenvalue weighted by Gasteiger charge is 2.19.